The lowest BCUT2D eigenvalue weighted by molar-refractivity contribution is -0.0502. The minimum atomic E-state index is -3.05. The molecule has 0 atom stereocenters. The second-order valence-electron chi connectivity index (χ2n) is 2.93. The SMILES string of the molecule is CC(=O)c1c(Br)cc(C=O)cc1OC(F)F. The standard InChI is InChI=1S/C10H7BrF2O3/c1-5(15)9-7(11)2-6(4-14)3-8(9)16-10(12)13/h2-4,10H,1H3. The van der Waals surface area contributed by atoms with Crippen molar-refractivity contribution in [2.45, 2.75) is 13.5 Å². The number of hydrogen-bond donors (Lipinski definition) is 0. The van der Waals surface area contributed by atoms with Crippen LogP contribution in [0, 0.1) is 0 Å². The zero-order chi connectivity index (χ0) is 12.3. The summed E-state index contributed by atoms with van der Waals surface area (Å²) in [7, 11) is 0. The highest BCUT2D eigenvalue weighted by molar-refractivity contribution is 9.10. The molecule has 0 N–H and O–H groups in total. The molecule has 0 aromatic heterocycles. The fourth-order valence-electron chi connectivity index (χ4n) is 1.20. The summed E-state index contributed by atoms with van der Waals surface area (Å²) in [5, 5.41) is 0. The maximum absolute atomic E-state index is 12.1. The molecule has 0 spiro atoms. The molecule has 3 nitrogen and oxygen atoms in total. The van der Waals surface area contributed by atoms with E-state index in [1.54, 1.807) is 0 Å². The van der Waals surface area contributed by atoms with Crippen molar-refractivity contribution in [3.63, 3.8) is 0 Å². The van der Waals surface area contributed by atoms with Gasteiger partial charge in [-0.2, -0.15) is 8.78 Å². The zero-order valence-corrected chi connectivity index (χ0v) is 9.75. The van der Waals surface area contributed by atoms with Crippen LogP contribution in [0.5, 0.6) is 5.75 Å². The van der Waals surface area contributed by atoms with Crippen LogP contribution < -0.4 is 4.74 Å². The fraction of sp³-hybridized carbons (Fsp3) is 0.200. The molecule has 6 heteroatoms. The molecule has 0 aliphatic heterocycles. The van der Waals surface area contributed by atoms with Crippen molar-refractivity contribution in [1.29, 1.82) is 0 Å². The van der Waals surface area contributed by atoms with Crippen molar-refractivity contribution in [2.75, 3.05) is 0 Å². The molecule has 86 valence electrons. The Bertz CT molecular complexity index is 432. The summed E-state index contributed by atoms with van der Waals surface area (Å²) in [5.74, 6) is -0.737. The molecular formula is C10H7BrF2O3. The molecule has 0 fully saturated rings. The molecule has 0 heterocycles. The van der Waals surface area contributed by atoms with E-state index in [9.17, 15) is 18.4 Å². The molecule has 0 saturated heterocycles. The van der Waals surface area contributed by atoms with E-state index >= 15 is 0 Å². The largest absolute Gasteiger partial charge is 0.434 e. The van der Waals surface area contributed by atoms with Gasteiger partial charge in [0.25, 0.3) is 0 Å². The van der Waals surface area contributed by atoms with Crippen molar-refractivity contribution >= 4 is 28.0 Å². The van der Waals surface area contributed by atoms with E-state index in [0.29, 0.717) is 6.29 Å². The summed E-state index contributed by atoms with van der Waals surface area (Å²) in [6, 6.07) is 2.46. The van der Waals surface area contributed by atoms with Gasteiger partial charge in [0.1, 0.15) is 12.0 Å². The third kappa shape index (κ3) is 2.85. The number of ketones is 1. The van der Waals surface area contributed by atoms with E-state index in [-0.39, 0.29) is 21.3 Å². The van der Waals surface area contributed by atoms with E-state index in [1.165, 1.54) is 13.0 Å². The highest BCUT2D eigenvalue weighted by Gasteiger charge is 2.17. The number of hydrogen-bond acceptors (Lipinski definition) is 3. The quantitative estimate of drug-likeness (QED) is 0.633. The van der Waals surface area contributed by atoms with Gasteiger partial charge in [0.15, 0.2) is 5.78 Å². The first-order valence-electron chi connectivity index (χ1n) is 4.20. The molecule has 0 aliphatic rings. The summed E-state index contributed by atoms with van der Waals surface area (Å²) in [6.45, 7) is -1.83. The van der Waals surface area contributed by atoms with E-state index in [4.69, 9.17) is 0 Å². The van der Waals surface area contributed by atoms with E-state index in [1.807, 2.05) is 0 Å². The molecule has 0 bridgehead atoms. The van der Waals surface area contributed by atoms with Gasteiger partial charge >= 0.3 is 6.61 Å². The van der Waals surface area contributed by atoms with Gasteiger partial charge in [0.2, 0.25) is 0 Å². The van der Waals surface area contributed by atoms with Gasteiger partial charge in [-0.05, 0) is 35.0 Å². The van der Waals surface area contributed by atoms with Crippen molar-refractivity contribution in [2.24, 2.45) is 0 Å². The number of alkyl halides is 2. The molecule has 1 aromatic rings. The lowest BCUT2D eigenvalue weighted by Crippen LogP contribution is -2.08. The molecule has 0 unspecified atom stereocenters. The van der Waals surface area contributed by atoms with Crippen LogP contribution in [-0.2, 0) is 0 Å². The van der Waals surface area contributed by atoms with Gasteiger partial charge in [-0.3, -0.25) is 9.59 Å². The van der Waals surface area contributed by atoms with Crippen molar-refractivity contribution < 1.29 is 23.1 Å². The van der Waals surface area contributed by atoms with Gasteiger partial charge in [0, 0.05) is 10.0 Å². The van der Waals surface area contributed by atoms with Crippen molar-refractivity contribution in [3.8, 4) is 5.75 Å². The Kier molecular flexibility index (Phi) is 4.12. The van der Waals surface area contributed by atoms with Gasteiger partial charge < -0.3 is 4.74 Å². The molecule has 0 amide bonds. The lowest BCUT2D eigenvalue weighted by atomic mass is 10.1. The first-order valence-corrected chi connectivity index (χ1v) is 4.99. The highest BCUT2D eigenvalue weighted by atomic mass is 79.9. The van der Waals surface area contributed by atoms with Crippen LogP contribution in [0.3, 0.4) is 0 Å². The Hall–Kier alpha value is -1.30. The predicted molar refractivity (Wildman–Crippen MR) is 56.2 cm³/mol. The van der Waals surface area contributed by atoms with Crippen LogP contribution in [0.25, 0.3) is 0 Å². The second kappa shape index (κ2) is 5.16. The molecule has 0 saturated carbocycles. The van der Waals surface area contributed by atoms with Gasteiger partial charge in [-0.25, -0.2) is 0 Å². The van der Waals surface area contributed by atoms with Crippen molar-refractivity contribution in [1.82, 2.24) is 0 Å². The number of carbonyl (C=O) groups excluding carboxylic acids is 2. The Morgan fingerprint density at radius 1 is 1.50 bits per heavy atom. The van der Waals surface area contributed by atoms with Gasteiger partial charge in [0.05, 0.1) is 5.56 Å². The molecule has 0 radical (unpaired) electrons. The van der Waals surface area contributed by atoms with Crippen LogP contribution in [0.4, 0.5) is 8.78 Å². The van der Waals surface area contributed by atoms with Crippen LogP contribution in [0.1, 0.15) is 27.6 Å². The summed E-state index contributed by atoms with van der Waals surface area (Å²) < 4.78 is 28.6. The molecule has 16 heavy (non-hydrogen) atoms. The van der Waals surface area contributed by atoms with Crippen LogP contribution in [0.15, 0.2) is 16.6 Å². The average molecular weight is 293 g/mol. The van der Waals surface area contributed by atoms with E-state index in [2.05, 4.69) is 20.7 Å². The maximum Gasteiger partial charge on any atom is 0.387 e. The summed E-state index contributed by atoms with van der Waals surface area (Å²) >= 11 is 3.02. The second-order valence-corrected chi connectivity index (χ2v) is 3.78. The Morgan fingerprint density at radius 3 is 2.56 bits per heavy atom. The normalized spacial score (nSPS) is 10.3. The topological polar surface area (TPSA) is 43.4 Å². The lowest BCUT2D eigenvalue weighted by Gasteiger charge is -2.10. The van der Waals surface area contributed by atoms with E-state index in [0.717, 1.165) is 6.07 Å². The third-order valence-corrected chi connectivity index (χ3v) is 2.41. The minimum Gasteiger partial charge on any atom is -0.434 e. The van der Waals surface area contributed by atoms with E-state index < -0.39 is 12.4 Å². The first-order chi connectivity index (χ1) is 7.45. The van der Waals surface area contributed by atoms with Crippen LogP contribution in [-0.4, -0.2) is 18.7 Å². The number of halogens is 3. The number of aldehydes is 1. The number of rotatable bonds is 4. The first kappa shape index (κ1) is 12.8. The fourth-order valence-corrected chi connectivity index (χ4v) is 1.94. The number of ether oxygens (including phenoxy) is 1. The van der Waals surface area contributed by atoms with Gasteiger partial charge in [-0.1, -0.05) is 0 Å². The molecule has 0 aliphatic carbocycles. The van der Waals surface area contributed by atoms with Crippen molar-refractivity contribution in [3.05, 3.63) is 27.7 Å². The summed E-state index contributed by atoms with van der Waals surface area (Å²) in [5.41, 5.74) is 0.137. The predicted octanol–water partition coefficient (Wildman–Crippen LogP) is 3.07. The Balaban J connectivity index is 3.34. The number of benzene rings is 1. The minimum absolute atomic E-state index is 0.00843. The number of Topliss-reactive ketones (excluding diaryl/α,β-unsaturated/α-hetero) is 1. The highest BCUT2D eigenvalue weighted by Crippen LogP contribution is 2.30. The molecule has 1 rings (SSSR count). The monoisotopic (exact) mass is 292 g/mol. The smallest absolute Gasteiger partial charge is 0.387 e. The maximum atomic E-state index is 12.1. The average Bonchev–Trinajstić information content (AvgIpc) is 2.14. The Labute approximate surface area is 98.5 Å². The zero-order valence-electron chi connectivity index (χ0n) is 8.17. The third-order valence-electron chi connectivity index (χ3n) is 1.78. The van der Waals surface area contributed by atoms with Crippen LogP contribution in [0.2, 0.25) is 0 Å². The van der Waals surface area contributed by atoms with Crippen LogP contribution >= 0.6 is 15.9 Å². The summed E-state index contributed by atoms with van der Waals surface area (Å²) in [6.07, 6.45) is 0.479. The molecular weight excluding hydrogens is 286 g/mol. The number of carbonyl (C=O) groups is 2. The molecule has 1 aromatic carbocycles. The summed E-state index contributed by atoms with van der Waals surface area (Å²) in [4.78, 5) is 21.8. The van der Waals surface area contributed by atoms with Gasteiger partial charge in [-0.15, -0.1) is 0 Å². The Morgan fingerprint density at radius 2 is 2.12 bits per heavy atom.